The van der Waals surface area contributed by atoms with Crippen LogP contribution >= 0.6 is 0 Å². The van der Waals surface area contributed by atoms with Gasteiger partial charge in [0, 0.05) is 12.6 Å². The highest BCUT2D eigenvalue weighted by Crippen LogP contribution is 2.33. The van der Waals surface area contributed by atoms with E-state index in [1.807, 2.05) is 0 Å². The molecule has 0 aromatic rings. The van der Waals surface area contributed by atoms with Crippen LogP contribution in [0.3, 0.4) is 0 Å². The van der Waals surface area contributed by atoms with E-state index in [1.165, 1.54) is 45.1 Å². The zero-order valence-electron chi connectivity index (χ0n) is 13.7. The predicted molar refractivity (Wildman–Crippen MR) is 84.8 cm³/mol. The van der Waals surface area contributed by atoms with Crippen LogP contribution in [0.4, 0.5) is 0 Å². The van der Waals surface area contributed by atoms with E-state index in [4.69, 9.17) is 10.5 Å². The Labute approximate surface area is 125 Å². The molecule has 3 heteroatoms. The van der Waals surface area contributed by atoms with Crippen molar-refractivity contribution in [3.05, 3.63) is 0 Å². The number of morpholine rings is 1. The van der Waals surface area contributed by atoms with E-state index >= 15 is 0 Å². The highest BCUT2D eigenvalue weighted by molar-refractivity contribution is 4.89. The van der Waals surface area contributed by atoms with Crippen LogP contribution in [0.2, 0.25) is 0 Å². The van der Waals surface area contributed by atoms with Gasteiger partial charge >= 0.3 is 0 Å². The number of fused-ring (bicyclic) bond motifs is 1. The number of nitrogens with two attached hydrogens (primary N) is 1. The van der Waals surface area contributed by atoms with Crippen LogP contribution in [0.5, 0.6) is 0 Å². The first-order valence-corrected chi connectivity index (χ1v) is 8.58. The van der Waals surface area contributed by atoms with Crippen LogP contribution in [0.15, 0.2) is 0 Å². The van der Waals surface area contributed by atoms with Crippen molar-refractivity contribution in [2.24, 2.45) is 17.1 Å². The summed E-state index contributed by atoms with van der Waals surface area (Å²) in [6.45, 7) is 11.2. The molecule has 1 aliphatic heterocycles. The first-order valence-electron chi connectivity index (χ1n) is 8.58. The maximum atomic E-state index is 5.89. The minimum Gasteiger partial charge on any atom is -0.375 e. The fraction of sp³-hybridized carbons (Fsp3) is 1.00. The van der Waals surface area contributed by atoms with Gasteiger partial charge in [0.05, 0.1) is 12.7 Å². The molecule has 1 saturated heterocycles. The Kier molecular flexibility index (Phi) is 5.88. The minimum atomic E-state index is 0.389. The predicted octanol–water partition coefficient (Wildman–Crippen LogP) is 3.03. The zero-order chi connectivity index (χ0) is 14.6. The lowest BCUT2D eigenvalue weighted by atomic mass is 9.76. The van der Waals surface area contributed by atoms with E-state index in [9.17, 15) is 0 Å². The maximum absolute atomic E-state index is 5.89. The lowest BCUT2D eigenvalue weighted by molar-refractivity contribution is -0.0564. The van der Waals surface area contributed by atoms with Crippen LogP contribution in [0, 0.1) is 11.3 Å². The normalized spacial score (nSPS) is 29.4. The molecule has 0 spiro atoms. The summed E-state index contributed by atoms with van der Waals surface area (Å²) in [6, 6.07) is 0.714. The van der Waals surface area contributed by atoms with Gasteiger partial charge in [0.1, 0.15) is 0 Å². The summed E-state index contributed by atoms with van der Waals surface area (Å²) in [4.78, 5) is 2.70. The third-order valence-electron chi connectivity index (χ3n) is 5.33. The molecular formula is C17H34N2O. The van der Waals surface area contributed by atoms with Crippen LogP contribution < -0.4 is 5.73 Å². The quantitative estimate of drug-likeness (QED) is 0.814. The second-order valence-electron chi connectivity index (χ2n) is 7.73. The summed E-state index contributed by atoms with van der Waals surface area (Å²) in [6.07, 6.45) is 8.30. The van der Waals surface area contributed by atoms with E-state index in [2.05, 4.69) is 25.7 Å². The van der Waals surface area contributed by atoms with Gasteiger partial charge in [-0.3, -0.25) is 4.90 Å². The fourth-order valence-electron chi connectivity index (χ4n) is 4.04. The highest BCUT2D eigenvalue weighted by atomic mass is 16.5. The van der Waals surface area contributed by atoms with Gasteiger partial charge < -0.3 is 10.5 Å². The van der Waals surface area contributed by atoms with Crippen LogP contribution in [0.25, 0.3) is 0 Å². The average molecular weight is 282 g/mol. The Bertz CT molecular complexity index is 287. The van der Waals surface area contributed by atoms with E-state index in [-0.39, 0.29) is 0 Å². The summed E-state index contributed by atoms with van der Waals surface area (Å²) in [5.41, 5.74) is 6.17. The molecule has 1 heterocycles. The lowest BCUT2D eigenvalue weighted by Crippen LogP contribution is -2.48. The van der Waals surface area contributed by atoms with Gasteiger partial charge in [0.25, 0.3) is 0 Å². The number of hydrogen-bond donors (Lipinski definition) is 1. The molecule has 2 rings (SSSR count). The van der Waals surface area contributed by atoms with E-state index in [1.54, 1.807) is 0 Å². The molecule has 1 aliphatic carbocycles. The number of hydrogen-bond acceptors (Lipinski definition) is 3. The van der Waals surface area contributed by atoms with Crippen molar-refractivity contribution in [2.45, 2.75) is 71.4 Å². The molecule has 20 heavy (non-hydrogen) atoms. The molecule has 3 unspecified atom stereocenters. The third-order valence-corrected chi connectivity index (χ3v) is 5.33. The number of rotatable bonds is 6. The van der Waals surface area contributed by atoms with Crippen molar-refractivity contribution < 1.29 is 4.74 Å². The molecule has 0 radical (unpaired) electrons. The summed E-state index contributed by atoms with van der Waals surface area (Å²) in [5, 5.41) is 0. The van der Waals surface area contributed by atoms with Crippen molar-refractivity contribution in [2.75, 3.05) is 26.2 Å². The van der Waals surface area contributed by atoms with Crippen molar-refractivity contribution in [3.63, 3.8) is 0 Å². The minimum absolute atomic E-state index is 0.389. The van der Waals surface area contributed by atoms with Crippen molar-refractivity contribution in [1.82, 2.24) is 4.90 Å². The van der Waals surface area contributed by atoms with Gasteiger partial charge in [-0.1, -0.05) is 20.8 Å². The zero-order valence-corrected chi connectivity index (χ0v) is 13.7. The summed E-state index contributed by atoms with van der Waals surface area (Å²) in [7, 11) is 0. The number of ether oxygens (including phenoxy) is 1. The lowest BCUT2D eigenvalue weighted by Gasteiger charge is -2.38. The summed E-state index contributed by atoms with van der Waals surface area (Å²) < 4.78 is 5.89. The molecule has 2 fully saturated rings. The molecule has 2 N–H and O–H groups in total. The molecular weight excluding hydrogens is 248 g/mol. The summed E-state index contributed by atoms with van der Waals surface area (Å²) >= 11 is 0. The highest BCUT2D eigenvalue weighted by Gasteiger charge is 2.35. The van der Waals surface area contributed by atoms with Gasteiger partial charge in [0.15, 0.2) is 0 Å². The maximum Gasteiger partial charge on any atom is 0.0730 e. The Hall–Kier alpha value is -0.120. The van der Waals surface area contributed by atoms with E-state index in [0.29, 0.717) is 17.6 Å². The Balaban J connectivity index is 1.76. The SMILES string of the molecule is CC(C)(C)C(CCN)CCCN1CCOC2CCCC21. The molecule has 0 aromatic carbocycles. The Morgan fingerprint density at radius 3 is 2.75 bits per heavy atom. The summed E-state index contributed by atoms with van der Waals surface area (Å²) in [5.74, 6) is 0.757. The molecule has 0 bridgehead atoms. The molecule has 1 saturated carbocycles. The van der Waals surface area contributed by atoms with Gasteiger partial charge in [-0.2, -0.15) is 0 Å². The van der Waals surface area contributed by atoms with Crippen LogP contribution in [0.1, 0.15) is 59.3 Å². The molecule has 2 aliphatic rings. The molecule has 0 aromatic heterocycles. The largest absolute Gasteiger partial charge is 0.375 e. The van der Waals surface area contributed by atoms with Gasteiger partial charge in [-0.15, -0.1) is 0 Å². The second-order valence-corrected chi connectivity index (χ2v) is 7.73. The Morgan fingerprint density at radius 1 is 1.25 bits per heavy atom. The van der Waals surface area contributed by atoms with Crippen LogP contribution in [-0.2, 0) is 4.74 Å². The molecule has 118 valence electrons. The smallest absolute Gasteiger partial charge is 0.0730 e. The standard InChI is InChI=1S/C17H34N2O/c1-17(2,3)14(9-10-18)6-5-11-19-12-13-20-16-8-4-7-15(16)19/h14-16H,4-13,18H2,1-3H3. The van der Waals surface area contributed by atoms with E-state index < -0.39 is 0 Å². The first kappa shape index (κ1) is 16.3. The molecule has 3 atom stereocenters. The third kappa shape index (κ3) is 4.19. The van der Waals surface area contributed by atoms with Gasteiger partial charge in [-0.05, 0) is 62.9 Å². The molecule has 0 amide bonds. The molecule has 3 nitrogen and oxygen atoms in total. The van der Waals surface area contributed by atoms with Crippen molar-refractivity contribution >= 4 is 0 Å². The topological polar surface area (TPSA) is 38.5 Å². The van der Waals surface area contributed by atoms with Gasteiger partial charge in [0.2, 0.25) is 0 Å². The van der Waals surface area contributed by atoms with E-state index in [0.717, 1.165) is 25.6 Å². The fourth-order valence-corrected chi connectivity index (χ4v) is 4.04. The average Bonchev–Trinajstić information content (AvgIpc) is 2.85. The second kappa shape index (κ2) is 7.24. The monoisotopic (exact) mass is 282 g/mol. The Morgan fingerprint density at radius 2 is 2.05 bits per heavy atom. The number of nitrogens with zero attached hydrogens (tertiary/aromatic N) is 1. The van der Waals surface area contributed by atoms with Crippen LogP contribution in [-0.4, -0.2) is 43.3 Å². The van der Waals surface area contributed by atoms with Gasteiger partial charge in [-0.25, -0.2) is 0 Å². The first-order chi connectivity index (χ1) is 9.52. The van der Waals surface area contributed by atoms with Crippen molar-refractivity contribution in [1.29, 1.82) is 0 Å². The van der Waals surface area contributed by atoms with Crippen molar-refractivity contribution in [3.8, 4) is 0 Å².